The molecule has 2 saturated heterocycles. The first-order chi connectivity index (χ1) is 5.47. The number of nitrogens with zero attached hydrogens (tertiary/aromatic N) is 1. The van der Waals surface area contributed by atoms with Gasteiger partial charge in [0.05, 0.1) is 6.61 Å². The third-order valence-corrected chi connectivity index (χ3v) is 2.53. The standard InChI is InChI=1S/C8H16N2O/c1-2-10(3-5-11-4-1)8-6-9-7-8/h8-9H,1-7H2. The Labute approximate surface area is 67.7 Å². The molecular weight excluding hydrogens is 140 g/mol. The SMILES string of the molecule is C1COCCN(C2CNC2)C1. The number of nitrogens with one attached hydrogen (secondary N) is 1. The smallest absolute Gasteiger partial charge is 0.0593 e. The van der Waals surface area contributed by atoms with Crippen molar-refractivity contribution in [2.24, 2.45) is 0 Å². The molecule has 0 atom stereocenters. The maximum absolute atomic E-state index is 5.38. The van der Waals surface area contributed by atoms with E-state index in [1.54, 1.807) is 0 Å². The Kier molecular flexibility index (Phi) is 2.41. The first kappa shape index (κ1) is 7.53. The Bertz CT molecular complexity index is 117. The summed E-state index contributed by atoms with van der Waals surface area (Å²) in [4.78, 5) is 2.55. The van der Waals surface area contributed by atoms with Crippen molar-refractivity contribution in [1.29, 1.82) is 0 Å². The highest BCUT2D eigenvalue weighted by Crippen LogP contribution is 2.07. The van der Waals surface area contributed by atoms with Crippen molar-refractivity contribution in [2.45, 2.75) is 12.5 Å². The van der Waals surface area contributed by atoms with Crippen molar-refractivity contribution in [3.05, 3.63) is 0 Å². The minimum atomic E-state index is 0.802. The van der Waals surface area contributed by atoms with E-state index in [1.165, 1.54) is 26.1 Å². The molecule has 2 aliphatic heterocycles. The number of hydrogen-bond donors (Lipinski definition) is 1. The van der Waals surface area contributed by atoms with Crippen molar-refractivity contribution in [1.82, 2.24) is 10.2 Å². The average molecular weight is 156 g/mol. The first-order valence-electron chi connectivity index (χ1n) is 4.49. The molecule has 2 heterocycles. The Balaban J connectivity index is 1.80. The highest BCUT2D eigenvalue weighted by atomic mass is 16.5. The fourth-order valence-corrected chi connectivity index (χ4v) is 1.66. The third kappa shape index (κ3) is 1.72. The Morgan fingerprint density at radius 3 is 2.82 bits per heavy atom. The van der Waals surface area contributed by atoms with Gasteiger partial charge in [-0.2, -0.15) is 0 Å². The molecule has 0 spiro atoms. The van der Waals surface area contributed by atoms with Crippen LogP contribution in [-0.2, 0) is 4.74 Å². The molecule has 0 unspecified atom stereocenters. The number of ether oxygens (including phenoxy) is 1. The minimum Gasteiger partial charge on any atom is -0.380 e. The summed E-state index contributed by atoms with van der Waals surface area (Å²) in [5.41, 5.74) is 0. The number of hydrogen-bond acceptors (Lipinski definition) is 3. The van der Waals surface area contributed by atoms with Gasteiger partial charge in [0.2, 0.25) is 0 Å². The van der Waals surface area contributed by atoms with Crippen LogP contribution in [0.5, 0.6) is 0 Å². The van der Waals surface area contributed by atoms with Crippen LogP contribution in [-0.4, -0.2) is 50.3 Å². The summed E-state index contributed by atoms with van der Waals surface area (Å²) in [5, 5.41) is 3.30. The molecule has 2 rings (SSSR count). The second kappa shape index (κ2) is 3.52. The summed E-state index contributed by atoms with van der Waals surface area (Å²) in [5.74, 6) is 0. The van der Waals surface area contributed by atoms with Gasteiger partial charge in [0.1, 0.15) is 0 Å². The van der Waals surface area contributed by atoms with Crippen LogP contribution in [0.3, 0.4) is 0 Å². The molecule has 0 bridgehead atoms. The normalized spacial score (nSPS) is 29.5. The topological polar surface area (TPSA) is 24.5 Å². The van der Waals surface area contributed by atoms with Crippen molar-refractivity contribution in [3.63, 3.8) is 0 Å². The third-order valence-electron chi connectivity index (χ3n) is 2.53. The average Bonchev–Trinajstić information content (AvgIpc) is 2.12. The quantitative estimate of drug-likeness (QED) is 0.563. The van der Waals surface area contributed by atoms with Gasteiger partial charge in [-0.1, -0.05) is 0 Å². The maximum atomic E-state index is 5.38. The van der Waals surface area contributed by atoms with E-state index in [4.69, 9.17) is 4.74 Å². The summed E-state index contributed by atoms with van der Waals surface area (Å²) >= 11 is 0. The fraction of sp³-hybridized carbons (Fsp3) is 1.00. The Morgan fingerprint density at radius 1 is 1.18 bits per heavy atom. The molecule has 2 aliphatic rings. The van der Waals surface area contributed by atoms with E-state index in [-0.39, 0.29) is 0 Å². The highest BCUT2D eigenvalue weighted by Gasteiger charge is 2.24. The summed E-state index contributed by atoms with van der Waals surface area (Å²) in [6, 6.07) is 0.802. The van der Waals surface area contributed by atoms with E-state index in [2.05, 4.69) is 10.2 Å². The molecule has 2 fully saturated rings. The van der Waals surface area contributed by atoms with E-state index in [0.717, 1.165) is 25.8 Å². The van der Waals surface area contributed by atoms with E-state index in [1.807, 2.05) is 0 Å². The van der Waals surface area contributed by atoms with E-state index < -0.39 is 0 Å². The van der Waals surface area contributed by atoms with Crippen LogP contribution in [0.15, 0.2) is 0 Å². The molecule has 1 N–H and O–H groups in total. The molecular formula is C8H16N2O. The molecule has 11 heavy (non-hydrogen) atoms. The zero-order valence-corrected chi connectivity index (χ0v) is 6.88. The summed E-state index contributed by atoms with van der Waals surface area (Å²) in [6.07, 6.45) is 1.20. The van der Waals surface area contributed by atoms with Crippen LogP contribution in [0.1, 0.15) is 6.42 Å². The van der Waals surface area contributed by atoms with Crippen LogP contribution in [0.4, 0.5) is 0 Å². The van der Waals surface area contributed by atoms with Crippen LogP contribution in [0.25, 0.3) is 0 Å². The number of rotatable bonds is 1. The van der Waals surface area contributed by atoms with Gasteiger partial charge in [-0.25, -0.2) is 0 Å². The van der Waals surface area contributed by atoms with Crippen molar-refractivity contribution < 1.29 is 4.74 Å². The lowest BCUT2D eigenvalue weighted by Crippen LogP contribution is -2.57. The van der Waals surface area contributed by atoms with Crippen LogP contribution in [0.2, 0.25) is 0 Å². The minimum absolute atomic E-state index is 0.802. The molecule has 0 aromatic rings. The van der Waals surface area contributed by atoms with Crippen LogP contribution in [0, 0.1) is 0 Å². The Hall–Kier alpha value is -0.120. The van der Waals surface area contributed by atoms with Gasteiger partial charge < -0.3 is 10.1 Å². The zero-order valence-electron chi connectivity index (χ0n) is 6.88. The van der Waals surface area contributed by atoms with E-state index >= 15 is 0 Å². The first-order valence-corrected chi connectivity index (χ1v) is 4.49. The Morgan fingerprint density at radius 2 is 2.09 bits per heavy atom. The van der Waals surface area contributed by atoms with E-state index in [9.17, 15) is 0 Å². The lowest BCUT2D eigenvalue weighted by molar-refractivity contribution is 0.116. The molecule has 0 saturated carbocycles. The summed E-state index contributed by atoms with van der Waals surface area (Å²) in [7, 11) is 0. The second-order valence-electron chi connectivity index (χ2n) is 3.31. The molecule has 64 valence electrons. The van der Waals surface area contributed by atoms with Gasteiger partial charge in [-0.3, -0.25) is 4.90 Å². The summed E-state index contributed by atoms with van der Waals surface area (Å²) < 4.78 is 5.38. The van der Waals surface area contributed by atoms with Crippen LogP contribution >= 0.6 is 0 Å². The fourth-order valence-electron chi connectivity index (χ4n) is 1.66. The molecule has 0 amide bonds. The van der Waals surface area contributed by atoms with Gasteiger partial charge >= 0.3 is 0 Å². The predicted octanol–water partition coefficient (Wildman–Crippen LogP) is -0.319. The van der Waals surface area contributed by atoms with Crippen molar-refractivity contribution in [3.8, 4) is 0 Å². The van der Waals surface area contributed by atoms with Crippen molar-refractivity contribution in [2.75, 3.05) is 39.4 Å². The molecule has 0 aromatic heterocycles. The van der Waals surface area contributed by atoms with Gasteiger partial charge in [0.25, 0.3) is 0 Å². The van der Waals surface area contributed by atoms with Gasteiger partial charge in [0, 0.05) is 38.8 Å². The predicted molar refractivity (Wildman–Crippen MR) is 43.7 cm³/mol. The van der Waals surface area contributed by atoms with Gasteiger partial charge in [-0.15, -0.1) is 0 Å². The maximum Gasteiger partial charge on any atom is 0.0593 e. The summed E-state index contributed by atoms with van der Waals surface area (Å²) in [6.45, 7) is 6.60. The van der Waals surface area contributed by atoms with Crippen LogP contribution < -0.4 is 5.32 Å². The monoisotopic (exact) mass is 156 g/mol. The highest BCUT2D eigenvalue weighted by molar-refractivity contribution is 4.84. The van der Waals surface area contributed by atoms with Gasteiger partial charge in [0.15, 0.2) is 0 Å². The van der Waals surface area contributed by atoms with E-state index in [0.29, 0.717) is 0 Å². The lowest BCUT2D eigenvalue weighted by Gasteiger charge is -2.37. The molecule has 3 nitrogen and oxygen atoms in total. The zero-order chi connectivity index (χ0) is 7.52. The lowest BCUT2D eigenvalue weighted by atomic mass is 10.1. The second-order valence-corrected chi connectivity index (χ2v) is 3.31. The molecule has 0 aromatic carbocycles. The molecule has 3 heteroatoms. The molecule has 0 aliphatic carbocycles. The largest absolute Gasteiger partial charge is 0.380 e. The molecule has 0 radical (unpaired) electrons. The van der Waals surface area contributed by atoms with Gasteiger partial charge in [-0.05, 0) is 6.42 Å². The van der Waals surface area contributed by atoms with Crippen molar-refractivity contribution >= 4 is 0 Å².